The van der Waals surface area contributed by atoms with E-state index in [9.17, 15) is 4.79 Å². The van der Waals surface area contributed by atoms with Gasteiger partial charge in [0.1, 0.15) is 11.9 Å². The van der Waals surface area contributed by atoms with Crippen molar-refractivity contribution in [3.63, 3.8) is 0 Å². The minimum atomic E-state index is -0.196. The number of thiazole rings is 1. The van der Waals surface area contributed by atoms with Crippen molar-refractivity contribution in [1.29, 1.82) is 0 Å². The highest BCUT2D eigenvalue weighted by molar-refractivity contribution is 7.09. The summed E-state index contributed by atoms with van der Waals surface area (Å²) in [5, 5.41) is 3.63. The van der Waals surface area contributed by atoms with Crippen LogP contribution in [0.1, 0.15) is 44.3 Å². The number of rotatable bonds is 4. The molecule has 1 aliphatic heterocycles. The monoisotopic (exact) mass is 393 g/mol. The molecule has 2 aromatic heterocycles. The van der Waals surface area contributed by atoms with Crippen LogP contribution in [0.15, 0.2) is 23.7 Å². The first-order chi connectivity index (χ1) is 12.3. The molecule has 0 aromatic carbocycles. The summed E-state index contributed by atoms with van der Waals surface area (Å²) in [4.78, 5) is 23.3. The molecule has 3 heterocycles. The first-order valence-electron chi connectivity index (χ1n) is 8.82. The second kappa shape index (κ2) is 7.92. The summed E-state index contributed by atoms with van der Waals surface area (Å²) in [5.41, 5.74) is 0.808. The zero-order valence-electron chi connectivity index (χ0n) is 15.4. The fourth-order valence-electron chi connectivity index (χ4n) is 2.87. The lowest BCUT2D eigenvalue weighted by Gasteiger charge is -2.32. The third-order valence-electron chi connectivity index (χ3n) is 4.29. The van der Waals surface area contributed by atoms with Crippen LogP contribution >= 0.6 is 22.9 Å². The van der Waals surface area contributed by atoms with E-state index in [-0.39, 0.29) is 23.9 Å². The summed E-state index contributed by atoms with van der Waals surface area (Å²) in [6, 6.07) is 3.76. The normalized spacial score (nSPS) is 15.9. The van der Waals surface area contributed by atoms with Crippen LogP contribution in [0.5, 0.6) is 0 Å². The molecule has 0 spiro atoms. The van der Waals surface area contributed by atoms with Crippen molar-refractivity contribution in [3.05, 3.63) is 39.4 Å². The summed E-state index contributed by atoms with van der Waals surface area (Å²) in [7, 11) is 0. The molecule has 26 heavy (non-hydrogen) atoms. The van der Waals surface area contributed by atoms with Crippen molar-refractivity contribution in [2.75, 3.05) is 18.0 Å². The Hall–Kier alpha value is -1.66. The number of piperidine rings is 1. The van der Waals surface area contributed by atoms with Gasteiger partial charge in [0.05, 0.1) is 22.1 Å². The van der Waals surface area contributed by atoms with Gasteiger partial charge in [0.25, 0.3) is 0 Å². The molecule has 3 rings (SSSR count). The Kier molecular flexibility index (Phi) is 5.82. The van der Waals surface area contributed by atoms with Gasteiger partial charge in [0, 0.05) is 42.9 Å². The van der Waals surface area contributed by atoms with Crippen molar-refractivity contribution in [3.8, 4) is 0 Å². The molecule has 1 saturated heterocycles. The van der Waals surface area contributed by atoms with E-state index in [1.807, 2.05) is 17.5 Å². The quantitative estimate of drug-likeness (QED) is 0.727. The van der Waals surface area contributed by atoms with Crippen molar-refractivity contribution in [1.82, 2.24) is 9.97 Å². The highest BCUT2D eigenvalue weighted by atomic mass is 35.5. The second-order valence-electron chi connectivity index (χ2n) is 7.58. The van der Waals surface area contributed by atoms with Gasteiger partial charge >= 0.3 is 5.97 Å². The molecule has 1 fully saturated rings. The van der Waals surface area contributed by atoms with Crippen LogP contribution in [0, 0.1) is 0 Å². The average molecular weight is 394 g/mol. The zero-order chi connectivity index (χ0) is 18.7. The van der Waals surface area contributed by atoms with Gasteiger partial charge in [-0.05, 0) is 12.1 Å². The van der Waals surface area contributed by atoms with Gasteiger partial charge in [-0.2, -0.15) is 0 Å². The minimum Gasteiger partial charge on any atom is -0.462 e. The molecule has 0 amide bonds. The SMILES string of the molecule is CC(C)(C)c1nc(CC(=O)OC2CCN(c3ccc(Cl)cn3)CC2)cs1. The summed E-state index contributed by atoms with van der Waals surface area (Å²) in [6.45, 7) is 8.00. The number of carbonyl (C=O) groups excluding carboxylic acids is 1. The van der Waals surface area contributed by atoms with E-state index in [1.54, 1.807) is 17.5 Å². The van der Waals surface area contributed by atoms with Gasteiger partial charge in [-0.15, -0.1) is 11.3 Å². The van der Waals surface area contributed by atoms with E-state index in [4.69, 9.17) is 16.3 Å². The molecule has 0 saturated carbocycles. The predicted octanol–water partition coefficient (Wildman–Crippen LogP) is 4.24. The Bertz CT molecular complexity index is 747. The minimum absolute atomic E-state index is 0.00928. The Balaban J connectivity index is 1.47. The lowest BCUT2D eigenvalue weighted by molar-refractivity contribution is -0.149. The number of pyridine rings is 1. The summed E-state index contributed by atoms with van der Waals surface area (Å²) < 4.78 is 5.65. The van der Waals surface area contributed by atoms with Crippen LogP contribution in [-0.2, 0) is 21.4 Å². The molecule has 7 heteroatoms. The Morgan fingerprint density at radius 2 is 2.08 bits per heavy atom. The molecule has 0 N–H and O–H groups in total. The fraction of sp³-hybridized carbons (Fsp3) is 0.526. The smallest absolute Gasteiger partial charge is 0.312 e. The van der Waals surface area contributed by atoms with E-state index >= 15 is 0 Å². The van der Waals surface area contributed by atoms with Crippen LogP contribution in [0.25, 0.3) is 0 Å². The molecule has 2 aromatic rings. The zero-order valence-corrected chi connectivity index (χ0v) is 16.9. The molecule has 0 radical (unpaired) electrons. The molecule has 0 unspecified atom stereocenters. The molecular formula is C19H24ClN3O2S. The number of aromatic nitrogens is 2. The standard InChI is InChI=1S/C19H24ClN3O2S/c1-19(2,3)18-22-14(12-26-18)10-17(24)25-15-6-8-23(9-7-15)16-5-4-13(20)11-21-16/h4-5,11-12,15H,6-10H2,1-3H3. The second-order valence-corrected chi connectivity index (χ2v) is 8.88. The molecule has 1 aliphatic rings. The Morgan fingerprint density at radius 1 is 1.35 bits per heavy atom. The fourth-order valence-corrected chi connectivity index (χ4v) is 3.88. The van der Waals surface area contributed by atoms with Crippen LogP contribution in [0.3, 0.4) is 0 Å². The van der Waals surface area contributed by atoms with Gasteiger partial charge in [0.2, 0.25) is 0 Å². The number of ether oxygens (including phenoxy) is 1. The summed E-state index contributed by atoms with van der Waals surface area (Å²) in [6.07, 6.45) is 3.47. The number of carbonyl (C=O) groups is 1. The van der Waals surface area contributed by atoms with Crippen LogP contribution in [-0.4, -0.2) is 35.1 Å². The van der Waals surface area contributed by atoms with Crippen molar-refractivity contribution in [2.45, 2.75) is 51.6 Å². The van der Waals surface area contributed by atoms with Crippen LogP contribution in [0.2, 0.25) is 5.02 Å². The first-order valence-corrected chi connectivity index (χ1v) is 10.1. The average Bonchev–Trinajstić information content (AvgIpc) is 3.05. The van der Waals surface area contributed by atoms with Gasteiger partial charge < -0.3 is 9.64 Å². The summed E-state index contributed by atoms with van der Waals surface area (Å²) >= 11 is 7.48. The third-order valence-corrected chi connectivity index (χ3v) is 5.84. The van der Waals surface area contributed by atoms with Gasteiger partial charge in [-0.25, -0.2) is 9.97 Å². The molecule has 5 nitrogen and oxygen atoms in total. The van der Waals surface area contributed by atoms with Crippen molar-refractivity contribution in [2.24, 2.45) is 0 Å². The van der Waals surface area contributed by atoms with Gasteiger partial charge in [-0.1, -0.05) is 32.4 Å². The van der Waals surface area contributed by atoms with Gasteiger partial charge in [-0.3, -0.25) is 4.79 Å². The van der Waals surface area contributed by atoms with Crippen LogP contribution in [0.4, 0.5) is 5.82 Å². The summed E-state index contributed by atoms with van der Waals surface area (Å²) in [5.74, 6) is 0.718. The van der Waals surface area contributed by atoms with E-state index in [0.29, 0.717) is 5.02 Å². The van der Waals surface area contributed by atoms with Crippen molar-refractivity contribution >= 4 is 34.7 Å². The largest absolute Gasteiger partial charge is 0.462 e. The van der Waals surface area contributed by atoms with E-state index < -0.39 is 0 Å². The van der Waals surface area contributed by atoms with E-state index in [2.05, 4.69) is 35.6 Å². The number of nitrogens with zero attached hydrogens (tertiary/aromatic N) is 3. The number of esters is 1. The molecule has 0 atom stereocenters. The Labute approximate surface area is 163 Å². The first kappa shape index (κ1) is 19.1. The number of halogens is 1. The third kappa shape index (κ3) is 4.95. The number of hydrogen-bond acceptors (Lipinski definition) is 6. The highest BCUT2D eigenvalue weighted by Crippen LogP contribution is 2.26. The lowest BCUT2D eigenvalue weighted by atomic mass is 9.98. The molecular weight excluding hydrogens is 370 g/mol. The molecule has 0 aliphatic carbocycles. The highest BCUT2D eigenvalue weighted by Gasteiger charge is 2.24. The predicted molar refractivity (Wildman–Crippen MR) is 105 cm³/mol. The van der Waals surface area contributed by atoms with Crippen LogP contribution < -0.4 is 4.90 Å². The van der Waals surface area contributed by atoms with Crippen molar-refractivity contribution < 1.29 is 9.53 Å². The lowest BCUT2D eigenvalue weighted by Crippen LogP contribution is -2.38. The van der Waals surface area contributed by atoms with Gasteiger partial charge in [0.15, 0.2) is 0 Å². The molecule has 140 valence electrons. The van der Waals surface area contributed by atoms with E-state index in [0.717, 1.165) is 42.5 Å². The Morgan fingerprint density at radius 3 is 2.65 bits per heavy atom. The topological polar surface area (TPSA) is 55.3 Å². The molecule has 0 bridgehead atoms. The number of anilines is 1. The van der Waals surface area contributed by atoms with E-state index in [1.165, 1.54) is 0 Å². The maximum atomic E-state index is 12.2. The maximum absolute atomic E-state index is 12.2. The number of hydrogen-bond donors (Lipinski definition) is 0. The maximum Gasteiger partial charge on any atom is 0.312 e.